The minimum absolute atomic E-state index is 0.0250. The van der Waals surface area contributed by atoms with E-state index in [4.69, 9.17) is 30.8 Å². The number of methoxy groups -OCH3 is 3. The molecule has 0 saturated heterocycles. The summed E-state index contributed by atoms with van der Waals surface area (Å²) in [5, 5.41) is 10.6. The van der Waals surface area contributed by atoms with Crippen LogP contribution in [0.4, 0.5) is 0 Å². The molecule has 6 heteroatoms. The van der Waals surface area contributed by atoms with Crippen molar-refractivity contribution in [3.8, 4) is 34.3 Å². The average molecular weight is 344 g/mol. The van der Waals surface area contributed by atoms with E-state index in [0.717, 1.165) is 5.56 Å². The van der Waals surface area contributed by atoms with E-state index in [-0.39, 0.29) is 5.75 Å². The van der Waals surface area contributed by atoms with Crippen molar-refractivity contribution in [3.63, 3.8) is 0 Å². The van der Waals surface area contributed by atoms with Gasteiger partial charge in [-0.25, -0.2) is 0 Å². The highest BCUT2D eigenvalue weighted by molar-refractivity contribution is 7.71. The molecule has 0 spiro atoms. The summed E-state index contributed by atoms with van der Waals surface area (Å²) in [5.74, 6) is 2.28. The van der Waals surface area contributed by atoms with Gasteiger partial charge in [-0.05, 0) is 18.2 Å². The normalized spacial score (nSPS) is 10.6. The molecule has 2 aromatic carbocycles. The Hall–Kier alpha value is -2.73. The summed E-state index contributed by atoms with van der Waals surface area (Å²) >= 11 is 5.40. The van der Waals surface area contributed by atoms with Crippen molar-refractivity contribution in [1.82, 2.24) is 0 Å². The maximum atomic E-state index is 10.1. The topological polar surface area (TPSA) is 61.1 Å². The van der Waals surface area contributed by atoms with Gasteiger partial charge in [-0.2, -0.15) is 0 Å². The summed E-state index contributed by atoms with van der Waals surface area (Å²) in [6, 6.07) is 10.3. The number of ether oxygens (including phenoxy) is 3. The summed E-state index contributed by atoms with van der Waals surface area (Å²) in [7, 11) is 4.67. The van der Waals surface area contributed by atoms with Gasteiger partial charge in [0, 0.05) is 23.8 Å². The molecule has 24 heavy (non-hydrogen) atoms. The molecule has 0 atom stereocenters. The van der Waals surface area contributed by atoms with Crippen LogP contribution in [0.3, 0.4) is 0 Å². The zero-order valence-electron chi connectivity index (χ0n) is 13.5. The molecule has 0 bridgehead atoms. The number of phenols is 1. The summed E-state index contributed by atoms with van der Waals surface area (Å²) < 4.78 is 22.1. The summed E-state index contributed by atoms with van der Waals surface area (Å²) in [6.45, 7) is 0. The molecule has 0 aliphatic heterocycles. The lowest BCUT2D eigenvalue weighted by Gasteiger charge is -2.10. The molecule has 1 heterocycles. The molecule has 0 aliphatic rings. The maximum absolute atomic E-state index is 10.1. The molecule has 124 valence electrons. The van der Waals surface area contributed by atoms with Crippen LogP contribution in [0.1, 0.15) is 0 Å². The lowest BCUT2D eigenvalue weighted by Crippen LogP contribution is -1.91. The summed E-state index contributed by atoms with van der Waals surface area (Å²) in [6.07, 6.45) is 0. The first-order valence-electron chi connectivity index (χ1n) is 7.14. The fraction of sp³-hybridized carbons (Fsp3) is 0.167. The van der Waals surface area contributed by atoms with Crippen LogP contribution in [-0.2, 0) is 0 Å². The molecule has 0 aliphatic carbocycles. The number of fused-ring (bicyclic) bond motifs is 1. The minimum atomic E-state index is 0.0250. The van der Waals surface area contributed by atoms with E-state index in [9.17, 15) is 5.11 Å². The largest absolute Gasteiger partial charge is 0.507 e. The van der Waals surface area contributed by atoms with Crippen molar-refractivity contribution in [2.75, 3.05) is 21.3 Å². The van der Waals surface area contributed by atoms with Gasteiger partial charge in [-0.1, -0.05) is 12.2 Å². The SMILES string of the molecule is COc1cc(O)c2c(=S)cc(-c3ccc(OC)c(OC)c3)oc2c1. The quantitative estimate of drug-likeness (QED) is 0.700. The fourth-order valence-corrected chi connectivity index (χ4v) is 2.81. The predicted molar refractivity (Wildman–Crippen MR) is 93.8 cm³/mol. The maximum Gasteiger partial charge on any atom is 0.161 e. The van der Waals surface area contributed by atoms with Gasteiger partial charge in [0.15, 0.2) is 11.5 Å². The third-order valence-electron chi connectivity index (χ3n) is 3.69. The molecular formula is C18H16O5S. The smallest absolute Gasteiger partial charge is 0.161 e. The Kier molecular flexibility index (Phi) is 4.31. The van der Waals surface area contributed by atoms with E-state index >= 15 is 0 Å². The number of rotatable bonds is 4. The lowest BCUT2D eigenvalue weighted by atomic mass is 10.1. The van der Waals surface area contributed by atoms with Crippen LogP contribution in [0.2, 0.25) is 0 Å². The van der Waals surface area contributed by atoms with Crippen LogP contribution in [0.25, 0.3) is 22.3 Å². The number of hydrogen-bond donors (Lipinski definition) is 1. The Morgan fingerprint density at radius 3 is 2.33 bits per heavy atom. The Labute approximate surface area is 144 Å². The standard InChI is InChI=1S/C18H16O5S/c1-20-11-7-12(19)18-16(8-11)23-14(9-17(18)24)10-4-5-13(21-2)15(6-10)22-3/h4-9,19H,1-3H3. The predicted octanol–water partition coefficient (Wildman–Crippen LogP) is 4.56. The van der Waals surface area contributed by atoms with E-state index in [2.05, 4.69) is 0 Å². The first kappa shape index (κ1) is 16.1. The van der Waals surface area contributed by atoms with Crippen molar-refractivity contribution < 1.29 is 23.7 Å². The van der Waals surface area contributed by atoms with Gasteiger partial charge >= 0.3 is 0 Å². The van der Waals surface area contributed by atoms with Crippen LogP contribution in [0.5, 0.6) is 23.0 Å². The van der Waals surface area contributed by atoms with Crippen LogP contribution in [0.15, 0.2) is 40.8 Å². The Balaban J connectivity index is 2.22. The Morgan fingerprint density at radius 2 is 1.67 bits per heavy atom. The van der Waals surface area contributed by atoms with E-state index < -0.39 is 0 Å². The summed E-state index contributed by atoms with van der Waals surface area (Å²) in [5.41, 5.74) is 1.23. The van der Waals surface area contributed by atoms with Gasteiger partial charge in [0.25, 0.3) is 0 Å². The van der Waals surface area contributed by atoms with Gasteiger partial charge in [0.1, 0.15) is 22.8 Å². The average Bonchev–Trinajstić information content (AvgIpc) is 2.60. The summed E-state index contributed by atoms with van der Waals surface area (Å²) in [4.78, 5) is 0. The number of aromatic hydroxyl groups is 1. The third-order valence-corrected chi connectivity index (χ3v) is 4.01. The first-order valence-corrected chi connectivity index (χ1v) is 7.55. The van der Waals surface area contributed by atoms with E-state index in [1.807, 2.05) is 6.07 Å². The minimum Gasteiger partial charge on any atom is -0.507 e. The van der Waals surface area contributed by atoms with Gasteiger partial charge in [-0.3, -0.25) is 0 Å². The lowest BCUT2D eigenvalue weighted by molar-refractivity contribution is 0.355. The van der Waals surface area contributed by atoms with Crippen LogP contribution in [-0.4, -0.2) is 26.4 Å². The molecular weight excluding hydrogens is 328 g/mol. The molecule has 1 N–H and O–H groups in total. The zero-order valence-corrected chi connectivity index (χ0v) is 14.3. The Bertz CT molecular complexity index is 962. The molecule has 3 aromatic rings. The van der Waals surface area contributed by atoms with Gasteiger partial charge in [-0.15, -0.1) is 0 Å². The highest BCUT2D eigenvalue weighted by atomic mass is 32.1. The number of hydrogen-bond acceptors (Lipinski definition) is 6. The van der Waals surface area contributed by atoms with E-state index in [1.165, 1.54) is 13.2 Å². The highest BCUT2D eigenvalue weighted by Crippen LogP contribution is 2.37. The molecule has 3 rings (SSSR count). The number of benzene rings is 2. The number of phenolic OH excluding ortho intramolecular Hbond substituents is 1. The molecule has 0 radical (unpaired) electrons. The molecule has 1 aromatic heterocycles. The van der Waals surface area contributed by atoms with Crippen LogP contribution in [0, 0.1) is 4.51 Å². The second-order valence-electron chi connectivity index (χ2n) is 5.06. The highest BCUT2D eigenvalue weighted by Gasteiger charge is 2.12. The van der Waals surface area contributed by atoms with Crippen molar-refractivity contribution in [2.45, 2.75) is 0 Å². The van der Waals surface area contributed by atoms with Gasteiger partial charge in [0.2, 0.25) is 0 Å². The van der Waals surface area contributed by atoms with Crippen molar-refractivity contribution >= 4 is 23.2 Å². The Morgan fingerprint density at radius 1 is 0.917 bits per heavy atom. The van der Waals surface area contributed by atoms with E-state index in [1.54, 1.807) is 38.5 Å². The van der Waals surface area contributed by atoms with E-state index in [0.29, 0.717) is 38.5 Å². The van der Waals surface area contributed by atoms with Crippen LogP contribution >= 0.6 is 12.2 Å². The van der Waals surface area contributed by atoms with Crippen molar-refractivity contribution in [3.05, 3.63) is 40.9 Å². The molecule has 5 nitrogen and oxygen atoms in total. The second kappa shape index (κ2) is 6.41. The first-order chi connectivity index (χ1) is 11.6. The third kappa shape index (κ3) is 2.76. The molecule has 0 fully saturated rings. The second-order valence-corrected chi connectivity index (χ2v) is 5.50. The molecule has 0 saturated carbocycles. The molecule has 0 amide bonds. The van der Waals surface area contributed by atoms with Gasteiger partial charge < -0.3 is 23.7 Å². The molecule has 0 unspecified atom stereocenters. The van der Waals surface area contributed by atoms with Crippen molar-refractivity contribution in [2.24, 2.45) is 0 Å². The fourth-order valence-electron chi connectivity index (χ4n) is 2.49. The van der Waals surface area contributed by atoms with Crippen molar-refractivity contribution in [1.29, 1.82) is 0 Å². The van der Waals surface area contributed by atoms with Crippen LogP contribution < -0.4 is 14.2 Å². The zero-order chi connectivity index (χ0) is 17.3. The van der Waals surface area contributed by atoms with Gasteiger partial charge in [0.05, 0.1) is 31.2 Å². The monoisotopic (exact) mass is 344 g/mol.